The first kappa shape index (κ1) is 17.1. The van der Waals surface area contributed by atoms with Crippen LogP contribution < -0.4 is 5.32 Å². The molecule has 1 saturated heterocycles. The maximum atomic E-state index is 12.7. The lowest BCUT2D eigenvalue weighted by Gasteiger charge is -2.49. The van der Waals surface area contributed by atoms with Gasteiger partial charge in [0.05, 0.1) is 5.54 Å². The zero-order chi connectivity index (χ0) is 17.2. The zero-order valence-electron chi connectivity index (χ0n) is 14.5. The Kier molecular flexibility index (Phi) is 4.97. The summed E-state index contributed by atoms with van der Waals surface area (Å²) in [5.41, 5.74) is 2.88. The minimum absolute atomic E-state index is 0.0818. The summed E-state index contributed by atoms with van der Waals surface area (Å²) >= 11 is 1.75. The lowest BCUT2D eigenvalue weighted by molar-refractivity contribution is -0.136. The number of thioether (sulfide) groups is 1. The molecule has 2 aromatic rings. The molecule has 1 fully saturated rings. The van der Waals surface area contributed by atoms with Crippen LogP contribution in [0.5, 0.6) is 0 Å². The van der Waals surface area contributed by atoms with E-state index >= 15 is 0 Å². The molecule has 0 aromatic heterocycles. The van der Waals surface area contributed by atoms with E-state index in [0.717, 1.165) is 25.2 Å². The molecule has 2 aromatic carbocycles. The molecule has 1 heterocycles. The summed E-state index contributed by atoms with van der Waals surface area (Å²) in [7, 11) is 0. The van der Waals surface area contributed by atoms with E-state index in [2.05, 4.69) is 40.7 Å². The van der Waals surface area contributed by atoms with Crippen molar-refractivity contribution in [1.82, 2.24) is 4.90 Å². The van der Waals surface area contributed by atoms with Gasteiger partial charge in [-0.3, -0.25) is 9.69 Å². The molecule has 1 aliphatic heterocycles. The number of hydrogen-bond donors (Lipinski definition) is 1. The van der Waals surface area contributed by atoms with Crippen molar-refractivity contribution in [1.29, 1.82) is 0 Å². The van der Waals surface area contributed by atoms with E-state index in [1.54, 1.807) is 11.8 Å². The number of anilines is 1. The molecule has 24 heavy (non-hydrogen) atoms. The molecule has 126 valence electrons. The van der Waals surface area contributed by atoms with Gasteiger partial charge in [0.2, 0.25) is 5.91 Å². The first-order valence-electron chi connectivity index (χ1n) is 8.27. The Morgan fingerprint density at radius 2 is 1.83 bits per heavy atom. The minimum atomic E-state index is -0.428. The molecule has 0 bridgehead atoms. The van der Waals surface area contributed by atoms with Crippen molar-refractivity contribution in [3.63, 3.8) is 0 Å². The Morgan fingerprint density at radius 1 is 1.17 bits per heavy atom. The molecule has 0 saturated carbocycles. The Bertz CT molecular complexity index is 711. The van der Waals surface area contributed by atoms with Crippen LogP contribution in [0, 0.1) is 6.92 Å². The van der Waals surface area contributed by atoms with Crippen LogP contribution in [0.15, 0.2) is 53.4 Å². The number of hydrogen-bond acceptors (Lipinski definition) is 3. The molecule has 0 spiro atoms. The van der Waals surface area contributed by atoms with Crippen molar-refractivity contribution in [3.8, 4) is 0 Å². The van der Waals surface area contributed by atoms with Crippen molar-refractivity contribution in [2.24, 2.45) is 0 Å². The summed E-state index contributed by atoms with van der Waals surface area (Å²) in [6, 6.07) is 16.5. The number of benzene rings is 2. The van der Waals surface area contributed by atoms with Crippen LogP contribution in [0.3, 0.4) is 0 Å². The predicted octanol–water partition coefficient (Wildman–Crippen LogP) is 4.32. The molecule has 0 radical (unpaired) electrons. The molecule has 1 unspecified atom stereocenters. The molecule has 0 aliphatic carbocycles. The molecule has 3 rings (SSSR count). The average molecular weight is 340 g/mol. The van der Waals surface area contributed by atoms with Crippen LogP contribution in [0.1, 0.15) is 24.5 Å². The topological polar surface area (TPSA) is 32.3 Å². The van der Waals surface area contributed by atoms with Crippen LogP contribution in [0.2, 0.25) is 0 Å². The fourth-order valence-electron chi connectivity index (χ4n) is 2.97. The van der Waals surface area contributed by atoms with Crippen molar-refractivity contribution >= 4 is 23.4 Å². The summed E-state index contributed by atoms with van der Waals surface area (Å²) in [5.74, 6) is 0.0818. The normalized spacial score (nSPS) is 20.5. The lowest BCUT2D eigenvalue weighted by atomic mass is 9.85. The van der Waals surface area contributed by atoms with Gasteiger partial charge < -0.3 is 5.32 Å². The number of nitrogens with zero attached hydrogens (tertiary/aromatic N) is 1. The van der Waals surface area contributed by atoms with Gasteiger partial charge in [0.1, 0.15) is 0 Å². The first-order chi connectivity index (χ1) is 11.5. The molecule has 1 atom stereocenters. The Hall–Kier alpha value is -1.78. The van der Waals surface area contributed by atoms with Crippen molar-refractivity contribution in [2.45, 2.75) is 37.2 Å². The SMILES string of the molecule is CSc1ccc(CN2CCC2(C)C(=O)Nc2ccc(C)cc2)cc1. The third-order valence-electron chi connectivity index (χ3n) is 4.90. The van der Waals surface area contributed by atoms with E-state index in [4.69, 9.17) is 0 Å². The molecule has 1 aliphatic rings. The predicted molar refractivity (Wildman–Crippen MR) is 101 cm³/mol. The quantitative estimate of drug-likeness (QED) is 0.823. The van der Waals surface area contributed by atoms with Gasteiger partial charge in [-0.15, -0.1) is 11.8 Å². The average Bonchev–Trinajstić information content (AvgIpc) is 2.60. The van der Waals surface area contributed by atoms with Gasteiger partial charge in [0.15, 0.2) is 0 Å². The smallest absolute Gasteiger partial charge is 0.244 e. The van der Waals surface area contributed by atoms with Crippen molar-refractivity contribution < 1.29 is 4.79 Å². The maximum absolute atomic E-state index is 12.7. The number of nitrogens with one attached hydrogen (secondary N) is 1. The van der Waals surface area contributed by atoms with Crippen LogP contribution >= 0.6 is 11.8 Å². The monoisotopic (exact) mass is 340 g/mol. The van der Waals surface area contributed by atoms with Crippen molar-refractivity contribution in [3.05, 3.63) is 59.7 Å². The van der Waals surface area contributed by atoms with Crippen LogP contribution in [0.4, 0.5) is 5.69 Å². The lowest BCUT2D eigenvalue weighted by Crippen LogP contribution is -2.63. The molecular weight excluding hydrogens is 316 g/mol. The van der Waals surface area contributed by atoms with E-state index in [0.29, 0.717) is 0 Å². The van der Waals surface area contributed by atoms with Crippen LogP contribution in [-0.2, 0) is 11.3 Å². The Balaban J connectivity index is 1.65. The molecule has 4 heteroatoms. The summed E-state index contributed by atoms with van der Waals surface area (Å²) in [4.78, 5) is 16.3. The van der Waals surface area contributed by atoms with Gasteiger partial charge in [-0.1, -0.05) is 29.8 Å². The largest absolute Gasteiger partial charge is 0.324 e. The second kappa shape index (κ2) is 6.99. The molecule has 1 N–H and O–H groups in total. The van der Waals surface area contributed by atoms with Gasteiger partial charge in [-0.2, -0.15) is 0 Å². The minimum Gasteiger partial charge on any atom is -0.324 e. The van der Waals surface area contributed by atoms with Crippen LogP contribution in [0.25, 0.3) is 0 Å². The Labute approximate surface area is 148 Å². The molecule has 3 nitrogen and oxygen atoms in total. The second-order valence-corrected chi connectivity index (χ2v) is 7.49. The van der Waals surface area contributed by atoms with E-state index in [1.165, 1.54) is 16.0 Å². The second-order valence-electron chi connectivity index (χ2n) is 6.61. The maximum Gasteiger partial charge on any atom is 0.244 e. The summed E-state index contributed by atoms with van der Waals surface area (Å²) in [6.45, 7) is 5.85. The first-order valence-corrected chi connectivity index (χ1v) is 9.50. The number of carbonyl (C=O) groups is 1. The highest BCUT2D eigenvalue weighted by Crippen LogP contribution is 2.33. The van der Waals surface area contributed by atoms with Gasteiger partial charge in [0, 0.05) is 23.7 Å². The molecule has 1 amide bonds. The van der Waals surface area contributed by atoms with E-state index in [-0.39, 0.29) is 5.91 Å². The van der Waals surface area contributed by atoms with Gasteiger partial charge in [0.25, 0.3) is 0 Å². The number of amides is 1. The van der Waals surface area contributed by atoms with Gasteiger partial charge in [-0.25, -0.2) is 0 Å². The van der Waals surface area contributed by atoms with Gasteiger partial charge >= 0.3 is 0 Å². The summed E-state index contributed by atoms with van der Waals surface area (Å²) in [5, 5.41) is 3.06. The zero-order valence-corrected chi connectivity index (χ0v) is 15.3. The highest BCUT2D eigenvalue weighted by Gasteiger charge is 2.46. The van der Waals surface area contributed by atoms with Crippen LogP contribution in [-0.4, -0.2) is 29.1 Å². The number of carbonyl (C=O) groups excluding carboxylic acids is 1. The number of likely N-dealkylation sites (tertiary alicyclic amines) is 1. The third-order valence-corrected chi connectivity index (χ3v) is 5.64. The van der Waals surface area contributed by atoms with E-state index in [1.807, 2.05) is 38.1 Å². The highest BCUT2D eigenvalue weighted by molar-refractivity contribution is 7.98. The van der Waals surface area contributed by atoms with Gasteiger partial charge in [-0.05, 0) is 56.4 Å². The fourth-order valence-corrected chi connectivity index (χ4v) is 3.38. The number of aryl methyl sites for hydroxylation is 1. The summed E-state index contributed by atoms with van der Waals surface area (Å²) in [6.07, 6.45) is 2.98. The summed E-state index contributed by atoms with van der Waals surface area (Å²) < 4.78 is 0. The van der Waals surface area contributed by atoms with Crippen molar-refractivity contribution in [2.75, 3.05) is 18.1 Å². The third kappa shape index (κ3) is 3.50. The Morgan fingerprint density at radius 3 is 2.38 bits per heavy atom. The fraction of sp³-hybridized carbons (Fsp3) is 0.350. The molecular formula is C20H24N2OS. The number of rotatable bonds is 5. The highest BCUT2D eigenvalue weighted by atomic mass is 32.2. The standard InChI is InChI=1S/C20H24N2OS/c1-15-4-8-17(9-5-15)21-19(23)20(2)12-13-22(20)14-16-6-10-18(24-3)11-7-16/h4-11H,12-14H2,1-3H3,(H,21,23). The van der Waals surface area contributed by atoms with E-state index in [9.17, 15) is 4.79 Å². The van der Waals surface area contributed by atoms with E-state index < -0.39 is 5.54 Å².